The molecule has 2 rings (SSSR count). The van der Waals surface area contributed by atoms with Crippen molar-refractivity contribution in [2.75, 3.05) is 0 Å². The number of hydrogen-bond donors (Lipinski definition) is 1. The maximum Gasteiger partial charge on any atom is 0.109 e. The zero-order valence-corrected chi connectivity index (χ0v) is 12.5. The van der Waals surface area contributed by atoms with Crippen molar-refractivity contribution >= 4 is 34.5 Å². The Hall–Kier alpha value is -0.610. The Bertz CT molecular complexity index is 540. The molecule has 1 heterocycles. The predicted molar refractivity (Wildman–Crippen MR) is 78.6 cm³/mol. The second kappa shape index (κ2) is 6.02. The summed E-state index contributed by atoms with van der Waals surface area (Å²) in [5, 5.41) is 5.92. The molecule has 0 aliphatic rings. The van der Waals surface area contributed by atoms with Crippen molar-refractivity contribution in [2.45, 2.75) is 26.4 Å². The van der Waals surface area contributed by atoms with Crippen LogP contribution in [0.2, 0.25) is 10.0 Å². The summed E-state index contributed by atoms with van der Waals surface area (Å²) in [5.41, 5.74) is 1.00. The van der Waals surface area contributed by atoms with E-state index in [1.165, 1.54) is 4.88 Å². The second-order valence-corrected chi connectivity index (χ2v) is 6.26. The molecule has 96 valence electrons. The number of aromatic nitrogens is 1. The number of thiazole rings is 1. The van der Waals surface area contributed by atoms with Crippen LogP contribution in [0, 0.1) is 6.92 Å². The van der Waals surface area contributed by atoms with Gasteiger partial charge in [0.05, 0.1) is 6.04 Å². The van der Waals surface area contributed by atoms with Gasteiger partial charge in [0.2, 0.25) is 0 Å². The van der Waals surface area contributed by atoms with Gasteiger partial charge in [-0.15, -0.1) is 11.3 Å². The third-order valence-corrected chi connectivity index (χ3v) is 4.32. The summed E-state index contributed by atoms with van der Waals surface area (Å²) in [6.45, 7) is 4.83. The van der Waals surface area contributed by atoms with Gasteiger partial charge in [0.25, 0.3) is 0 Å². The molecular weight excluding hydrogens is 287 g/mol. The molecule has 1 unspecified atom stereocenters. The van der Waals surface area contributed by atoms with Crippen molar-refractivity contribution < 1.29 is 0 Å². The lowest BCUT2D eigenvalue weighted by molar-refractivity contribution is 0.572. The van der Waals surface area contributed by atoms with Crippen molar-refractivity contribution in [3.8, 4) is 0 Å². The number of benzene rings is 1. The molecule has 0 aliphatic heterocycles. The first kappa shape index (κ1) is 13.8. The van der Waals surface area contributed by atoms with Crippen LogP contribution in [0.25, 0.3) is 0 Å². The fraction of sp³-hybridized carbons (Fsp3) is 0.308. The van der Waals surface area contributed by atoms with E-state index in [1.807, 2.05) is 18.3 Å². The minimum absolute atomic E-state index is 0.207. The average Bonchev–Trinajstić information content (AvgIpc) is 2.77. The van der Waals surface area contributed by atoms with Crippen LogP contribution in [-0.2, 0) is 6.54 Å². The highest BCUT2D eigenvalue weighted by atomic mass is 35.5. The van der Waals surface area contributed by atoms with Crippen molar-refractivity contribution in [3.63, 3.8) is 0 Å². The minimum atomic E-state index is 0.207. The molecule has 0 saturated carbocycles. The molecule has 5 heteroatoms. The van der Waals surface area contributed by atoms with Gasteiger partial charge in [0.1, 0.15) is 5.01 Å². The lowest BCUT2D eigenvalue weighted by Gasteiger charge is -2.12. The first-order valence-electron chi connectivity index (χ1n) is 5.66. The van der Waals surface area contributed by atoms with E-state index in [4.69, 9.17) is 23.2 Å². The molecule has 0 aliphatic carbocycles. The monoisotopic (exact) mass is 300 g/mol. The van der Waals surface area contributed by atoms with Crippen LogP contribution in [0.3, 0.4) is 0 Å². The van der Waals surface area contributed by atoms with Crippen LogP contribution in [-0.4, -0.2) is 4.98 Å². The number of hydrogen-bond acceptors (Lipinski definition) is 3. The maximum atomic E-state index is 6.12. The standard InChI is InChI=1S/C13H14Cl2N2S/c1-8-6-17-13(18-8)9(2)16-7-10-5-11(14)3-4-12(10)15/h3-6,9,16H,7H2,1-2H3. The summed E-state index contributed by atoms with van der Waals surface area (Å²) in [7, 11) is 0. The Morgan fingerprint density at radius 3 is 2.83 bits per heavy atom. The van der Waals surface area contributed by atoms with Gasteiger partial charge >= 0.3 is 0 Å². The number of halogens is 2. The molecule has 0 radical (unpaired) electrons. The van der Waals surface area contributed by atoms with E-state index >= 15 is 0 Å². The fourth-order valence-electron chi connectivity index (χ4n) is 1.60. The van der Waals surface area contributed by atoms with Gasteiger partial charge in [-0.3, -0.25) is 0 Å². The van der Waals surface area contributed by atoms with E-state index in [2.05, 4.69) is 24.1 Å². The highest BCUT2D eigenvalue weighted by Gasteiger charge is 2.10. The minimum Gasteiger partial charge on any atom is -0.304 e. The van der Waals surface area contributed by atoms with Crippen LogP contribution in [0.1, 0.15) is 28.4 Å². The van der Waals surface area contributed by atoms with Gasteiger partial charge in [0, 0.05) is 27.7 Å². The Morgan fingerprint density at radius 2 is 2.17 bits per heavy atom. The predicted octanol–water partition coefficient (Wildman–Crippen LogP) is 4.61. The molecule has 0 fully saturated rings. The fourth-order valence-corrected chi connectivity index (χ4v) is 2.78. The van der Waals surface area contributed by atoms with Crippen LogP contribution >= 0.6 is 34.5 Å². The van der Waals surface area contributed by atoms with E-state index in [9.17, 15) is 0 Å². The van der Waals surface area contributed by atoms with Crippen molar-refractivity contribution in [1.29, 1.82) is 0 Å². The van der Waals surface area contributed by atoms with E-state index in [0.717, 1.165) is 15.6 Å². The van der Waals surface area contributed by atoms with Crippen molar-refractivity contribution in [2.24, 2.45) is 0 Å². The topological polar surface area (TPSA) is 24.9 Å². The van der Waals surface area contributed by atoms with Crippen LogP contribution in [0.5, 0.6) is 0 Å². The molecule has 0 saturated heterocycles. The Labute approximate surface area is 121 Å². The molecule has 0 spiro atoms. The largest absolute Gasteiger partial charge is 0.304 e. The molecule has 0 bridgehead atoms. The summed E-state index contributed by atoms with van der Waals surface area (Å²) in [6, 6.07) is 5.70. The average molecular weight is 301 g/mol. The second-order valence-electron chi connectivity index (χ2n) is 4.15. The lowest BCUT2D eigenvalue weighted by atomic mass is 10.2. The molecule has 2 aromatic rings. The number of aryl methyl sites for hydroxylation is 1. The first-order valence-corrected chi connectivity index (χ1v) is 7.23. The van der Waals surface area contributed by atoms with Crippen LogP contribution in [0.15, 0.2) is 24.4 Å². The van der Waals surface area contributed by atoms with Crippen molar-refractivity contribution in [3.05, 3.63) is 49.9 Å². The normalized spacial score (nSPS) is 12.7. The third kappa shape index (κ3) is 3.45. The summed E-state index contributed by atoms with van der Waals surface area (Å²) < 4.78 is 0. The Kier molecular flexibility index (Phi) is 4.62. The third-order valence-electron chi connectivity index (χ3n) is 2.62. The summed E-state index contributed by atoms with van der Waals surface area (Å²) in [5.74, 6) is 0. The molecule has 1 aromatic carbocycles. The van der Waals surface area contributed by atoms with Crippen LogP contribution < -0.4 is 5.32 Å². The molecule has 1 atom stereocenters. The zero-order chi connectivity index (χ0) is 13.1. The van der Waals surface area contributed by atoms with E-state index < -0.39 is 0 Å². The smallest absolute Gasteiger partial charge is 0.109 e. The van der Waals surface area contributed by atoms with Gasteiger partial charge in [-0.25, -0.2) is 4.98 Å². The van der Waals surface area contributed by atoms with Gasteiger partial charge < -0.3 is 5.32 Å². The number of rotatable bonds is 4. The highest BCUT2D eigenvalue weighted by molar-refractivity contribution is 7.11. The van der Waals surface area contributed by atoms with Gasteiger partial charge in [0.15, 0.2) is 0 Å². The summed E-state index contributed by atoms with van der Waals surface area (Å²) >= 11 is 13.8. The molecule has 18 heavy (non-hydrogen) atoms. The summed E-state index contributed by atoms with van der Waals surface area (Å²) in [6.07, 6.45) is 1.89. The lowest BCUT2D eigenvalue weighted by Crippen LogP contribution is -2.18. The quantitative estimate of drug-likeness (QED) is 0.892. The van der Waals surface area contributed by atoms with Gasteiger partial charge in [-0.05, 0) is 37.6 Å². The molecule has 0 amide bonds. The number of nitrogens with zero attached hydrogens (tertiary/aromatic N) is 1. The van der Waals surface area contributed by atoms with E-state index in [0.29, 0.717) is 11.6 Å². The van der Waals surface area contributed by atoms with Crippen molar-refractivity contribution in [1.82, 2.24) is 10.3 Å². The van der Waals surface area contributed by atoms with Gasteiger partial charge in [-0.2, -0.15) is 0 Å². The Balaban J connectivity index is 2.01. The van der Waals surface area contributed by atoms with Gasteiger partial charge in [-0.1, -0.05) is 23.2 Å². The van der Waals surface area contributed by atoms with Crippen LogP contribution in [0.4, 0.5) is 0 Å². The zero-order valence-electron chi connectivity index (χ0n) is 10.2. The molecule has 1 N–H and O–H groups in total. The Morgan fingerprint density at radius 1 is 1.39 bits per heavy atom. The number of nitrogens with one attached hydrogen (secondary N) is 1. The highest BCUT2D eigenvalue weighted by Crippen LogP contribution is 2.23. The SMILES string of the molecule is Cc1cnc(C(C)NCc2cc(Cl)ccc2Cl)s1. The molecule has 2 nitrogen and oxygen atoms in total. The van der Waals surface area contributed by atoms with E-state index in [-0.39, 0.29) is 6.04 Å². The summed E-state index contributed by atoms with van der Waals surface area (Å²) in [4.78, 5) is 5.59. The first-order chi connectivity index (χ1) is 8.56. The maximum absolute atomic E-state index is 6.12. The van der Waals surface area contributed by atoms with E-state index in [1.54, 1.807) is 17.4 Å². The molecular formula is C13H14Cl2N2S. The molecule has 1 aromatic heterocycles.